The first-order valence-electron chi connectivity index (χ1n) is 15.4. The van der Waals surface area contributed by atoms with Gasteiger partial charge in [-0.05, 0) is 18.4 Å². The summed E-state index contributed by atoms with van der Waals surface area (Å²) in [6, 6.07) is 10.2. The predicted octanol–water partition coefficient (Wildman–Crippen LogP) is 10.9. The summed E-state index contributed by atoms with van der Waals surface area (Å²) in [5.74, 6) is 0.0988. The molecule has 0 radical (unpaired) electrons. The van der Waals surface area contributed by atoms with Crippen molar-refractivity contribution in [3.05, 3.63) is 42.0 Å². The average Bonchev–Trinajstić information content (AvgIpc) is 2.90. The zero-order valence-corrected chi connectivity index (χ0v) is 25.0. The van der Waals surface area contributed by atoms with Crippen LogP contribution in [0.25, 0.3) is 6.08 Å². The molecule has 0 heterocycles. The third kappa shape index (κ3) is 21.7. The predicted molar refractivity (Wildman–Crippen MR) is 160 cm³/mol. The summed E-state index contributed by atoms with van der Waals surface area (Å²) in [6.07, 6.45) is 27.6. The minimum absolute atomic E-state index is 0.0988. The molecule has 1 aromatic carbocycles. The van der Waals surface area contributed by atoms with Crippen molar-refractivity contribution in [3.8, 4) is 0 Å². The van der Waals surface area contributed by atoms with E-state index in [4.69, 9.17) is 9.05 Å². The molecule has 2 atom stereocenters. The van der Waals surface area contributed by atoms with Crippen molar-refractivity contribution in [1.29, 1.82) is 0 Å². The first-order valence-corrected chi connectivity index (χ1v) is 16.9. The Morgan fingerprint density at radius 1 is 0.703 bits per heavy atom. The normalized spacial score (nSPS) is 14.2. The zero-order valence-electron chi connectivity index (χ0n) is 24.1. The lowest BCUT2D eigenvalue weighted by atomic mass is 9.99. The van der Waals surface area contributed by atoms with Gasteiger partial charge in [0.15, 0.2) is 0 Å². The van der Waals surface area contributed by atoms with Gasteiger partial charge in [0.25, 0.3) is 0 Å². The quantitative estimate of drug-likeness (QED) is 0.0945. The van der Waals surface area contributed by atoms with Crippen LogP contribution in [0.2, 0.25) is 0 Å². The topological polar surface area (TPSA) is 55.8 Å². The molecule has 0 spiro atoms. The van der Waals surface area contributed by atoms with Crippen LogP contribution in [0.15, 0.2) is 36.4 Å². The van der Waals surface area contributed by atoms with Gasteiger partial charge in [-0.2, -0.15) is 0 Å². The van der Waals surface area contributed by atoms with Crippen molar-refractivity contribution in [2.75, 3.05) is 13.2 Å². The van der Waals surface area contributed by atoms with Gasteiger partial charge < -0.3 is 4.89 Å². The van der Waals surface area contributed by atoms with Gasteiger partial charge in [-0.25, -0.2) is 4.57 Å². The van der Waals surface area contributed by atoms with E-state index in [2.05, 4.69) is 38.1 Å². The molecule has 5 heteroatoms. The molecule has 1 rings (SSSR count). The number of phosphoric ester groups is 1. The van der Waals surface area contributed by atoms with E-state index in [0.717, 1.165) is 31.2 Å². The van der Waals surface area contributed by atoms with Crippen molar-refractivity contribution in [1.82, 2.24) is 0 Å². The van der Waals surface area contributed by atoms with E-state index >= 15 is 0 Å². The third-order valence-corrected chi connectivity index (χ3v) is 7.98. The van der Waals surface area contributed by atoms with Gasteiger partial charge in [-0.1, -0.05) is 165 Å². The van der Waals surface area contributed by atoms with Gasteiger partial charge >= 0.3 is 7.82 Å². The van der Waals surface area contributed by atoms with Gasteiger partial charge in [0, 0.05) is 5.92 Å². The molecule has 37 heavy (non-hydrogen) atoms. The van der Waals surface area contributed by atoms with E-state index in [1.54, 1.807) is 0 Å². The van der Waals surface area contributed by atoms with Gasteiger partial charge in [-0.15, -0.1) is 0 Å². The summed E-state index contributed by atoms with van der Waals surface area (Å²) >= 11 is 0. The molecule has 0 saturated heterocycles. The SMILES string of the molecule is CCCCCCCCCCCCOP(=O)(O)OCC(C=Cc1ccccc1)CCCCCCCCCC. The van der Waals surface area contributed by atoms with Crippen molar-refractivity contribution < 1.29 is 18.5 Å². The highest BCUT2D eigenvalue weighted by molar-refractivity contribution is 7.47. The number of benzene rings is 1. The molecule has 0 aliphatic carbocycles. The highest BCUT2D eigenvalue weighted by Gasteiger charge is 2.22. The van der Waals surface area contributed by atoms with Crippen LogP contribution in [0, 0.1) is 5.92 Å². The minimum atomic E-state index is -4.01. The molecule has 2 unspecified atom stereocenters. The number of rotatable bonds is 26. The summed E-state index contributed by atoms with van der Waals surface area (Å²) in [5, 5.41) is 0. The number of hydrogen-bond donors (Lipinski definition) is 1. The average molecular weight is 537 g/mol. The van der Waals surface area contributed by atoms with Crippen LogP contribution in [0.5, 0.6) is 0 Å². The lowest BCUT2D eigenvalue weighted by Gasteiger charge is -2.17. The second kappa shape index (κ2) is 24.1. The van der Waals surface area contributed by atoms with Crippen LogP contribution in [0.1, 0.15) is 141 Å². The van der Waals surface area contributed by atoms with E-state index < -0.39 is 7.82 Å². The Labute approximate surface area is 229 Å². The maximum Gasteiger partial charge on any atom is 0.472 e. The Balaban J connectivity index is 2.29. The standard InChI is InChI=1S/C32H57O4P/c1-3-5-7-9-11-13-14-16-18-23-29-35-37(33,34)36-30-32(28-27-31-24-21-19-22-25-31)26-20-17-15-12-10-8-6-4-2/h19,21-22,24-25,27-28,32H,3-18,20,23,26,29-30H2,1-2H3,(H,33,34). The van der Waals surface area contributed by atoms with Crippen molar-refractivity contribution in [3.63, 3.8) is 0 Å². The molecule has 0 aromatic heterocycles. The summed E-state index contributed by atoms with van der Waals surface area (Å²) in [6.45, 7) is 5.00. The first kappa shape index (κ1) is 34.1. The van der Waals surface area contributed by atoms with Crippen LogP contribution in [-0.2, 0) is 13.6 Å². The van der Waals surface area contributed by atoms with Gasteiger partial charge in [0.2, 0.25) is 0 Å². The fourth-order valence-electron chi connectivity index (χ4n) is 4.58. The Hall–Kier alpha value is -0.930. The van der Waals surface area contributed by atoms with Crippen molar-refractivity contribution >= 4 is 13.9 Å². The van der Waals surface area contributed by atoms with Gasteiger partial charge in [0.05, 0.1) is 13.2 Å². The minimum Gasteiger partial charge on any atom is -0.302 e. The number of hydrogen-bond acceptors (Lipinski definition) is 3. The molecular formula is C32H57O4P. The Morgan fingerprint density at radius 2 is 1.19 bits per heavy atom. The van der Waals surface area contributed by atoms with E-state index in [1.165, 1.54) is 96.3 Å². The molecule has 214 valence electrons. The fraction of sp³-hybridized carbons (Fsp3) is 0.750. The second-order valence-electron chi connectivity index (χ2n) is 10.6. The van der Waals surface area contributed by atoms with Gasteiger partial charge in [-0.3, -0.25) is 9.05 Å². The third-order valence-electron chi connectivity index (χ3n) is 6.99. The molecular weight excluding hydrogens is 479 g/mol. The maximum atomic E-state index is 12.4. The van der Waals surface area contributed by atoms with Crippen molar-refractivity contribution in [2.24, 2.45) is 5.92 Å². The molecule has 4 nitrogen and oxygen atoms in total. The number of phosphoric acid groups is 1. The molecule has 0 aliphatic rings. The molecule has 1 aromatic rings. The van der Waals surface area contributed by atoms with E-state index in [1.807, 2.05) is 18.2 Å². The van der Waals surface area contributed by atoms with Gasteiger partial charge in [0.1, 0.15) is 0 Å². The highest BCUT2D eigenvalue weighted by Crippen LogP contribution is 2.44. The van der Waals surface area contributed by atoms with Crippen LogP contribution < -0.4 is 0 Å². The molecule has 0 amide bonds. The molecule has 0 fully saturated rings. The molecule has 0 bridgehead atoms. The zero-order chi connectivity index (χ0) is 26.9. The summed E-state index contributed by atoms with van der Waals surface area (Å²) in [5.41, 5.74) is 1.13. The Morgan fingerprint density at radius 3 is 1.73 bits per heavy atom. The first-order chi connectivity index (χ1) is 18.1. The number of unbranched alkanes of at least 4 members (excludes halogenated alkanes) is 16. The van der Waals surface area contributed by atoms with E-state index in [9.17, 15) is 9.46 Å². The van der Waals surface area contributed by atoms with Crippen LogP contribution in [-0.4, -0.2) is 18.1 Å². The largest absolute Gasteiger partial charge is 0.472 e. The lowest BCUT2D eigenvalue weighted by molar-refractivity contribution is 0.134. The van der Waals surface area contributed by atoms with Crippen LogP contribution in [0.4, 0.5) is 0 Å². The summed E-state index contributed by atoms with van der Waals surface area (Å²) in [4.78, 5) is 10.2. The van der Waals surface area contributed by atoms with Crippen LogP contribution in [0.3, 0.4) is 0 Å². The fourth-order valence-corrected chi connectivity index (χ4v) is 5.40. The molecule has 1 N–H and O–H groups in total. The smallest absolute Gasteiger partial charge is 0.302 e. The monoisotopic (exact) mass is 536 g/mol. The molecule has 0 aliphatic heterocycles. The molecule has 0 saturated carbocycles. The summed E-state index contributed by atoms with van der Waals surface area (Å²) < 4.78 is 23.1. The lowest BCUT2D eigenvalue weighted by Crippen LogP contribution is -2.08. The van der Waals surface area contributed by atoms with E-state index in [-0.39, 0.29) is 19.1 Å². The van der Waals surface area contributed by atoms with Crippen LogP contribution >= 0.6 is 7.82 Å². The summed E-state index contributed by atoms with van der Waals surface area (Å²) in [7, 11) is -4.01. The van der Waals surface area contributed by atoms with Crippen molar-refractivity contribution in [2.45, 2.75) is 136 Å². The van der Waals surface area contributed by atoms with E-state index in [0.29, 0.717) is 0 Å². The second-order valence-corrected chi connectivity index (χ2v) is 12.0. The Kier molecular flexibility index (Phi) is 22.2. The Bertz CT molecular complexity index is 691. The highest BCUT2D eigenvalue weighted by atomic mass is 31.2. The maximum absolute atomic E-state index is 12.4.